The number of ether oxygens (including phenoxy) is 1. The Morgan fingerprint density at radius 3 is 2.58 bits per heavy atom. The topological polar surface area (TPSA) is 67.4 Å². The summed E-state index contributed by atoms with van der Waals surface area (Å²) in [5.74, 6) is 0.462. The maximum absolute atomic E-state index is 12.1. The molecule has 0 saturated heterocycles. The van der Waals surface area contributed by atoms with E-state index in [1.807, 2.05) is 50.2 Å². The summed E-state index contributed by atoms with van der Waals surface area (Å²) in [5.41, 5.74) is 2.51. The molecule has 0 aliphatic heterocycles. The monoisotopic (exact) mass is 418 g/mol. The molecule has 0 bridgehead atoms. The van der Waals surface area contributed by atoms with Crippen molar-refractivity contribution in [1.82, 2.24) is 10.6 Å². The second-order valence-corrected chi connectivity index (χ2v) is 6.86. The molecule has 2 amide bonds. The predicted octanol–water partition coefficient (Wildman–Crippen LogP) is 3.76. The first-order valence-electron chi connectivity index (χ1n) is 8.39. The lowest BCUT2D eigenvalue weighted by atomic mass is 10.1. The summed E-state index contributed by atoms with van der Waals surface area (Å²) in [6.45, 7) is 4.09. The molecule has 0 aliphatic rings. The van der Waals surface area contributed by atoms with Crippen LogP contribution >= 0.6 is 15.9 Å². The van der Waals surface area contributed by atoms with Gasteiger partial charge in [0, 0.05) is 18.5 Å². The fraction of sp³-hybridized carbons (Fsp3) is 0.300. The van der Waals surface area contributed by atoms with Gasteiger partial charge < -0.3 is 15.4 Å². The van der Waals surface area contributed by atoms with E-state index in [1.165, 1.54) is 0 Å². The van der Waals surface area contributed by atoms with Gasteiger partial charge in [-0.2, -0.15) is 0 Å². The number of carbonyl (C=O) groups excluding carboxylic acids is 2. The Kier molecular flexibility index (Phi) is 7.21. The number of halogens is 1. The highest BCUT2D eigenvalue weighted by atomic mass is 79.9. The number of rotatable bonds is 7. The van der Waals surface area contributed by atoms with E-state index in [-0.39, 0.29) is 30.8 Å². The molecule has 2 aromatic rings. The molecule has 0 saturated carbocycles. The molecule has 0 radical (unpaired) electrons. The summed E-state index contributed by atoms with van der Waals surface area (Å²) in [6.07, 6.45) is 0.222. The van der Waals surface area contributed by atoms with Crippen molar-refractivity contribution in [2.75, 3.05) is 13.7 Å². The van der Waals surface area contributed by atoms with E-state index in [1.54, 1.807) is 13.2 Å². The number of carbonyl (C=O) groups is 2. The van der Waals surface area contributed by atoms with Crippen LogP contribution in [0.3, 0.4) is 0 Å². The average molecular weight is 419 g/mol. The zero-order valence-electron chi connectivity index (χ0n) is 15.1. The van der Waals surface area contributed by atoms with Crippen molar-refractivity contribution in [3.8, 4) is 5.75 Å². The third-order valence-corrected chi connectivity index (χ3v) is 4.70. The maximum Gasteiger partial charge on any atom is 0.251 e. The molecule has 2 N–H and O–H groups in total. The minimum absolute atomic E-state index is 0.116. The molecule has 1 atom stereocenters. The van der Waals surface area contributed by atoms with Gasteiger partial charge in [-0.1, -0.05) is 24.3 Å². The molecule has 0 aromatic heterocycles. The van der Waals surface area contributed by atoms with Crippen LogP contribution < -0.4 is 15.4 Å². The number of amides is 2. The van der Waals surface area contributed by atoms with Gasteiger partial charge in [-0.25, -0.2) is 0 Å². The molecule has 0 aliphatic carbocycles. The lowest BCUT2D eigenvalue weighted by Crippen LogP contribution is -2.32. The summed E-state index contributed by atoms with van der Waals surface area (Å²) in [6, 6.07) is 12.9. The van der Waals surface area contributed by atoms with Crippen LogP contribution in [0.15, 0.2) is 46.9 Å². The zero-order chi connectivity index (χ0) is 19.1. The van der Waals surface area contributed by atoms with Crippen LogP contribution in [-0.2, 0) is 4.79 Å². The number of methoxy groups -OCH3 is 1. The highest BCUT2D eigenvalue weighted by molar-refractivity contribution is 9.10. The van der Waals surface area contributed by atoms with Crippen molar-refractivity contribution in [2.45, 2.75) is 26.3 Å². The van der Waals surface area contributed by atoms with E-state index in [0.29, 0.717) is 5.56 Å². The second-order valence-electron chi connectivity index (χ2n) is 6.00. The smallest absolute Gasteiger partial charge is 0.251 e. The van der Waals surface area contributed by atoms with Crippen molar-refractivity contribution in [3.05, 3.63) is 63.6 Å². The summed E-state index contributed by atoms with van der Waals surface area (Å²) in [7, 11) is 1.61. The third-order valence-electron chi connectivity index (χ3n) is 4.08. The first kappa shape index (κ1) is 20.0. The van der Waals surface area contributed by atoms with Crippen molar-refractivity contribution in [2.24, 2.45) is 0 Å². The van der Waals surface area contributed by atoms with Gasteiger partial charge in [0.25, 0.3) is 5.91 Å². The van der Waals surface area contributed by atoms with E-state index < -0.39 is 0 Å². The summed E-state index contributed by atoms with van der Waals surface area (Å²) in [4.78, 5) is 24.2. The number of hydrogen-bond acceptors (Lipinski definition) is 3. The van der Waals surface area contributed by atoms with E-state index in [9.17, 15) is 9.59 Å². The van der Waals surface area contributed by atoms with Gasteiger partial charge in [-0.05, 0) is 59.1 Å². The molecular formula is C20H23BrN2O3. The summed E-state index contributed by atoms with van der Waals surface area (Å²) in [5, 5.41) is 5.72. The predicted molar refractivity (Wildman–Crippen MR) is 105 cm³/mol. The number of aryl methyl sites for hydroxylation is 1. The molecule has 0 heterocycles. The quantitative estimate of drug-likeness (QED) is 0.718. The van der Waals surface area contributed by atoms with Crippen LogP contribution in [-0.4, -0.2) is 25.5 Å². The molecular weight excluding hydrogens is 396 g/mol. The molecule has 26 heavy (non-hydrogen) atoms. The number of hydrogen-bond donors (Lipinski definition) is 2. The number of nitrogens with one attached hydrogen (secondary N) is 2. The number of benzene rings is 2. The molecule has 2 rings (SSSR count). The lowest BCUT2D eigenvalue weighted by Gasteiger charge is -2.16. The Labute approximate surface area is 162 Å². The molecule has 0 spiro atoms. The Bertz CT molecular complexity index is 792. The highest BCUT2D eigenvalue weighted by Gasteiger charge is 2.13. The van der Waals surface area contributed by atoms with E-state index >= 15 is 0 Å². The van der Waals surface area contributed by atoms with Gasteiger partial charge >= 0.3 is 0 Å². The lowest BCUT2D eigenvalue weighted by molar-refractivity contribution is -0.121. The normalized spacial score (nSPS) is 11.5. The van der Waals surface area contributed by atoms with Gasteiger partial charge in [0.05, 0.1) is 17.6 Å². The van der Waals surface area contributed by atoms with Crippen molar-refractivity contribution in [3.63, 3.8) is 0 Å². The zero-order valence-corrected chi connectivity index (χ0v) is 16.7. The second kappa shape index (κ2) is 9.38. The minimum Gasteiger partial charge on any atom is -0.496 e. The van der Waals surface area contributed by atoms with Crippen molar-refractivity contribution in [1.29, 1.82) is 0 Å². The van der Waals surface area contributed by atoms with Gasteiger partial charge in [-0.3, -0.25) is 9.59 Å². The van der Waals surface area contributed by atoms with Crippen LogP contribution in [0.4, 0.5) is 0 Å². The molecule has 2 aromatic carbocycles. The molecule has 5 nitrogen and oxygen atoms in total. The molecule has 6 heteroatoms. The van der Waals surface area contributed by atoms with Crippen molar-refractivity contribution < 1.29 is 14.3 Å². The Balaban J connectivity index is 1.82. The SMILES string of the molecule is COc1ccc([C@H](C)NC(=O)CCNC(=O)c2ccccc2C)cc1Br. The van der Waals surface area contributed by atoms with Crippen LogP contribution in [0.2, 0.25) is 0 Å². The fourth-order valence-corrected chi connectivity index (χ4v) is 3.12. The minimum atomic E-state index is -0.164. The first-order valence-corrected chi connectivity index (χ1v) is 9.18. The van der Waals surface area contributed by atoms with E-state index in [2.05, 4.69) is 26.6 Å². The fourth-order valence-electron chi connectivity index (χ4n) is 2.56. The largest absolute Gasteiger partial charge is 0.496 e. The van der Waals surface area contributed by atoms with Crippen LogP contribution in [0.5, 0.6) is 5.75 Å². The highest BCUT2D eigenvalue weighted by Crippen LogP contribution is 2.27. The maximum atomic E-state index is 12.1. The van der Waals surface area contributed by atoms with Gasteiger partial charge in [0.2, 0.25) is 5.91 Å². The van der Waals surface area contributed by atoms with Crippen LogP contribution in [0.1, 0.15) is 40.9 Å². The van der Waals surface area contributed by atoms with Crippen LogP contribution in [0, 0.1) is 6.92 Å². The van der Waals surface area contributed by atoms with Gasteiger partial charge in [0.1, 0.15) is 5.75 Å². The third kappa shape index (κ3) is 5.33. The molecule has 0 fully saturated rings. The standard InChI is InChI=1S/C20H23BrN2O3/c1-13-6-4-5-7-16(13)20(25)22-11-10-19(24)23-14(2)15-8-9-18(26-3)17(21)12-15/h4-9,12,14H,10-11H2,1-3H3,(H,22,25)(H,23,24)/t14-/m0/s1. The van der Waals surface area contributed by atoms with Crippen molar-refractivity contribution >= 4 is 27.7 Å². The first-order chi connectivity index (χ1) is 12.4. The summed E-state index contributed by atoms with van der Waals surface area (Å²) < 4.78 is 6.04. The van der Waals surface area contributed by atoms with Crippen LogP contribution in [0.25, 0.3) is 0 Å². The Hall–Kier alpha value is -2.34. The Morgan fingerprint density at radius 2 is 1.92 bits per heavy atom. The van der Waals surface area contributed by atoms with Gasteiger partial charge in [-0.15, -0.1) is 0 Å². The van der Waals surface area contributed by atoms with E-state index in [0.717, 1.165) is 21.3 Å². The van der Waals surface area contributed by atoms with E-state index in [4.69, 9.17) is 4.74 Å². The summed E-state index contributed by atoms with van der Waals surface area (Å²) >= 11 is 3.44. The Morgan fingerprint density at radius 1 is 1.19 bits per heavy atom. The van der Waals surface area contributed by atoms with Gasteiger partial charge in [0.15, 0.2) is 0 Å². The molecule has 0 unspecified atom stereocenters. The average Bonchev–Trinajstić information content (AvgIpc) is 2.61. The molecule has 138 valence electrons.